The Balaban J connectivity index is 2.66. The summed E-state index contributed by atoms with van der Waals surface area (Å²) >= 11 is 0. The quantitative estimate of drug-likeness (QED) is 0.853. The molecule has 0 spiro atoms. The second-order valence-corrected chi connectivity index (χ2v) is 8.79. The molecule has 1 aromatic carbocycles. The van der Waals surface area contributed by atoms with Crippen LogP contribution in [0.3, 0.4) is 0 Å². The van der Waals surface area contributed by atoms with Crippen molar-refractivity contribution in [2.75, 3.05) is 23.5 Å². The second kappa shape index (κ2) is 6.63. The number of benzene rings is 1. The first-order chi connectivity index (χ1) is 8.69. The molecule has 0 aliphatic heterocycles. The molecule has 0 bridgehead atoms. The van der Waals surface area contributed by atoms with Crippen LogP contribution in [0.4, 0.5) is 0 Å². The first kappa shape index (κ1) is 16.3. The highest BCUT2D eigenvalue weighted by atomic mass is 32.2. The van der Waals surface area contributed by atoms with E-state index in [0.717, 1.165) is 22.9 Å². The van der Waals surface area contributed by atoms with Crippen LogP contribution in [-0.4, -0.2) is 36.1 Å². The summed E-state index contributed by atoms with van der Waals surface area (Å²) in [6.07, 6.45) is 1.15. The molecule has 2 N–H and O–H groups in total. The maximum absolute atomic E-state index is 11.8. The third-order valence-electron chi connectivity index (χ3n) is 2.88. The van der Waals surface area contributed by atoms with Gasteiger partial charge >= 0.3 is 0 Å². The average Bonchev–Trinajstić information content (AvgIpc) is 2.28. The fourth-order valence-electron chi connectivity index (χ4n) is 1.78. The van der Waals surface area contributed by atoms with E-state index in [4.69, 9.17) is 5.73 Å². The van der Waals surface area contributed by atoms with Crippen molar-refractivity contribution in [1.82, 2.24) is 0 Å². The monoisotopic (exact) mass is 303 g/mol. The van der Waals surface area contributed by atoms with Gasteiger partial charge in [0.25, 0.3) is 0 Å². The molecular formula is C13H21NO3S2. The number of hydrogen-bond acceptors (Lipinski definition) is 4. The van der Waals surface area contributed by atoms with Gasteiger partial charge in [-0.2, -0.15) is 0 Å². The number of rotatable bonds is 6. The lowest BCUT2D eigenvalue weighted by Gasteiger charge is -2.15. The van der Waals surface area contributed by atoms with E-state index >= 15 is 0 Å². The van der Waals surface area contributed by atoms with Gasteiger partial charge in [-0.1, -0.05) is 23.8 Å². The molecule has 0 saturated carbocycles. The van der Waals surface area contributed by atoms with Gasteiger partial charge in [-0.05, 0) is 25.0 Å². The minimum absolute atomic E-state index is 0.0564. The van der Waals surface area contributed by atoms with Crippen LogP contribution < -0.4 is 5.73 Å². The van der Waals surface area contributed by atoms with E-state index in [2.05, 4.69) is 0 Å². The Hall–Kier alpha value is -0.720. The van der Waals surface area contributed by atoms with Gasteiger partial charge < -0.3 is 5.73 Å². The lowest BCUT2D eigenvalue weighted by atomic mass is 10.0. The Morgan fingerprint density at radius 2 is 1.95 bits per heavy atom. The van der Waals surface area contributed by atoms with E-state index in [1.165, 1.54) is 0 Å². The first-order valence-electron chi connectivity index (χ1n) is 6.04. The molecule has 0 heterocycles. The van der Waals surface area contributed by atoms with Gasteiger partial charge in [0.15, 0.2) is 0 Å². The molecule has 0 aromatic heterocycles. The predicted molar refractivity (Wildman–Crippen MR) is 80.4 cm³/mol. The second-order valence-electron chi connectivity index (χ2n) is 4.91. The van der Waals surface area contributed by atoms with Gasteiger partial charge in [0, 0.05) is 34.6 Å². The van der Waals surface area contributed by atoms with Crippen LogP contribution in [-0.2, 0) is 20.6 Å². The highest BCUT2D eigenvalue weighted by Gasteiger charge is 2.14. The molecule has 19 heavy (non-hydrogen) atoms. The van der Waals surface area contributed by atoms with Crippen molar-refractivity contribution >= 4 is 20.6 Å². The summed E-state index contributed by atoms with van der Waals surface area (Å²) in [5.74, 6) is 0.385. The SMILES string of the molecule is Cc1ccc(C)c(C(N)CS(=O)CCS(C)(=O)=O)c1. The number of nitrogens with two attached hydrogens (primary N) is 1. The standard InChI is InChI=1S/C13H21NO3S2/c1-10-4-5-11(2)12(8-10)13(14)9-18(15)6-7-19(3,16)17/h4-5,8,13H,6-7,9,14H2,1-3H3. The third kappa shape index (κ3) is 5.84. The van der Waals surface area contributed by atoms with Crippen molar-refractivity contribution in [3.05, 3.63) is 34.9 Å². The summed E-state index contributed by atoms with van der Waals surface area (Å²) in [4.78, 5) is 0. The topological polar surface area (TPSA) is 77.2 Å². The van der Waals surface area contributed by atoms with E-state index in [9.17, 15) is 12.6 Å². The molecule has 6 heteroatoms. The van der Waals surface area contributed by atoms with Crippen LogP contribution in [0.25, 0.3) is 0 Å². The van der Waals surface area contributed by atoms with Gasteiger partial charge in [0.05, 0.1) is 5.75 Å². The van der Waals surface area contributed by atoms with Crippen molar-refractivity contribution in [3.63, 3.8) is 0 Å². The van der Waals surface area contributed by atoms with Gasteiger partial charge in [0.1, 0.15) is 9.84 Å². The number of hydrogen-bond donors (Lipinski definition) is 1. The van der Waals surface area contributed by atoms with Crippen LogP contribution in [0.1, 0.15) is 22.7 Å². The zero-order valence-corrected chi connectivity index (χ0v) is 13.2. The number of aryl methyl sites for hydroxylation is 2. The Bertz CT molecular complexity index is 567. The Morgan fingerprint density at radius 3 is 2.53 bits per heavy atom. The molecule has 0 radical (unpaired) electrons. The zero-order valence-electron chi connectivity index (χ0n) is 11.5. The molecule has 0 amide bonds. The van der Waals surface area contributed by atoms with Crippen LogP contribution in [0, 0.1) is 13.8 Å². The van der Waals surface area contributed by atoms with Gasteiger partial charge in [-0.3, -0.25) is 4.21 Å². The molecule has 0 fully saturated rings. The maximum Gasteiger partial charge on any atom is 0.148 e. The highest BCUT2D eigenvalue weighted by Crippen LogP contribution is 2.18. The van der Waals surface area contributed by atoms with Crippen LogP contribution in [0.15, 0.2) is 18.2 Å². The maximum atomic E-state index is 11.8. The summed E-state index contributed by atoms with van der Waals surface area (Å²) in [5.41, 5.74) is 9.22. The van der Waals surface area contributed by atoms with Crippen molar-refractivity contribution in [2.45, 2.75) is 19.9 Å². The predicted octanol–water partition coefficient (Wildman–Crippen LogP) is 1.10. The zero-order chi connectivity index (χ0) is 14.6. The smallest absolute Gasteiger partial charge is 0.148 e. The van der Waals surface area contributed by atoms with Gasteiger partial charge in [0.2, 0.25) is 0 Å². The summed E-state index contributed by atoms with van der Waals surface area (Å²) in [6, 6.07) is 5.67. The molecule has 2 atom stereocenters. The normalized spacial score (nSPS) is 15.2. The lowest BCUT2D eigenvalue weighted by molar-refractivity contribution is 0.602. The molecule has 1 rings (SSSR count). The molecule has 4 nitrogen and oxygen atoms in total. The number of sulfone groups is 1. The Labute approximate surface area is 117 Å². The fourth-order valence-corrected chi connectivity index (χ4v) is 4.48. The highest BCUT2D eigenvalue weighted by molar-refractivity contribution is 7.92. The van der Waals surface area contributed by atoms with E-state index in [1.807, 2.05) is 32.0 Å². The summed E-state index contributed by atoms with van der Waals surface area (Å²) in [6.45, 7) is 3.95. The Kier molecular flexibility index (Phi) is 5.70. The average molecular weight is 303 g/mol. The molecular weight excluding hydrogens is 282 g/mol. The van der Waals surface area contributed by atoms with Crippen LogP contribution in [0.5, 0.6) is 0 Å². The largest absolute Gasteiger partial charge is 0.323 e. The molecule has 2 unspecified atom stereocenters. The van der Waals surface area contributed by atoms with Crippen LogP contribution >= 0.6 is 0 Å². The van der Waals surface area contributed by atoms with E-state index in [-0.39, 0.29) is 17.5 Å². The molecule has 0 saturated heterocycles. The third-order valence-corrected chi connectivity index (χ3v) is 5.48. The summed E-state index contributed by atoms with van der Waals surface area (Å²) in [7, 11) is -4.28. The fraction of sp³-hybridized carbons (Fsp3) is 0.538. The lowest BCUT2D eigenvalue weighted by Crippen LogP contribution is -2.23. The summed E-state index contributed by atoms with van der Waals surface area (Å²) < 4.78 is 33.9. The first-order valence-corrected chi connectivity index (χ1v) is 9.59. The minimum Gasteiger partial charge on any atom is -0.323 e. The van der Waals surface area contributed by atoms with Crippen molar-refractivity contribution in [2.24, 2.45) is 5.73 Å². The molecule has 1 aromatic rings. The van der Waals surface area contributed by atoms with Crippen molar-refractivity contribution in [3.8, 4) is 0 Å². The molecule has 108 valence electrons. The van der Waals surface area contributed by atoms with E-state index in [0.29, 0.717) is 5.75 Å². The summed E-state index contributed by atoms with van der Waals surface area (Å²) in [5, 5.41) is 0. The molecule has 0 aliphatic rings. The van der Waals surface area contributed by atoms with Gasteiger partial charge in [-0.25, -0.2) is 8.42 Å². The van der Waals surface area contributed by atoms with E-state index in [1.54, 1.807) is 0 Å². The minimum atomic E-state index is -3.07. The Morgan fingerprint density at radius 1 is 1.32 bits per heavy atom. The van der Waals surface area contributed by atoms with Crippen LogP contribution in [0.2, 0.25) is 0 Å². The van der Waals surface area contributed by atoms with Crippen molar-refractivity contribution < 1.29 is 12.6 Å². The van der Waals surface area contributed by atoms with E-state index < -0.39 is 20.6 Å². The van der Waals surface area contributed by atoms with Crippen molar-refractivity contribution in [1.29, 1.82) is 0 Å². The molecule has 0 aliphatic carbocycles. The van der Waals surface area contributed by atoms with Gasteiger partial charge in [-0.15, -0.1) is 0 Å².